The van der Waals surface area contributed by atoms with Gasteiger partial charge in [0.25, 0.3) is 0 Å². The van der Waals surface area contributed by atoms with Gasteiger partial charge in [-0.3, -0.25) is 0 Å². The summed E-state index contributed by atoms with van der Waals surface area (Å²) in [6, 6.07) is 9.15. The lowest BCUT2D eigenvalue weighted by atomic mass is 9.87. The van der Waals surface area contributed by atoms with Crippen molar-refractivity contribution >= 4 is 21.4 Å². The zero-order valence-electron chi connectivity index (χ0n) is 16.8. The molecule has 3 aromatic rings. The largest absolute Gasteiger partial charge is 0.420 e. The third-order valence-electron chi connectivity index (χ3n) is 5.30. The van der Waals surface area contributed by atoms with Crippen LogP contribution in [0.25, 0.3) is 11.5 Å². The van der Waals surface area contributed by atoms with E-state index in [1.807, 2.05) is 29.0 Å². The van der Waals surface area contributed by atoms with Crippen LogP contribution in [0.15, 0.2) is 50.4 Å². The van der Waals surface area contributed by atoms with Crippen molar-refractivity contribution in [3.63, 3.8) is 0 Å². The van der Waals surface area contributed by atoms with Crippen LogP contribution >= 0.6 is 11.3 Å². The molecule has 6 nitrogen and oxygen atoms in total. The fraction of sp³-hybridized carbons (Fsp3) is 0.429. The van der Waals surface area contributed by atoms with E-state index in [9.17, 15) is 8.42 Å². The van der Waals surface area contributed by atoms with E-state index in [4.69, 9.17) is 4.42 Å². The Hall–Kier alpha value is -2.03. The molecule has 8 heteroatoms. The SMILES string of the molecule is CC(C)(C)c1ccc(S(=O)(=O)N2CCCC(c3nnc(-c4ccsc4)o3)C2)cc1. The third-order valence-corrected chi connectivity index (χ3v) is 7.86. The molecule has 1 aromatic carbocycles. The first-order valence-electron chi connectivity index (χ1n) is 9.72. The van der Waals surface area contributed by atoms with Gasteiger partial charge in [0.15, 0.2) is 0 Å². The standard InChI is InChI=1S/C21H25N3O3S2/c1-21(2,3)17-6-8-18(9-7-17)29(25,26)24-11-4-5-15(13-24)19-22-23-20(27-19)16-10-12-28-14-16/h6-10,12,14-15H,4-5,11,13H2,1-3H3. The molecule has 0 saturated carbocycles. The number of hydrogen-bond acceptors (Lipinski definition) is 6. The summed E-state index contributed by atoms with van der Waals surface area (Å²) in [6.45, 7) is 7.20. The van der Waals surface area contributed by atoms with Crippen molar-refractivity contribution in [2.45, 2.75) is 49.8 Å². The molecule has 1 saturated heterocycles. The van der Waals surface area contributed by atoms with Gasteiger partial charge in [0.2, 0.25) is 21.8 Å². The van der Waals surface area contributed by atoms with Crippen LogP contribution in [0.1, 0.15) is 51.0 Å². The van der Waals surface area contributed by atoms with Crippen molar-refractivity contribution in [3.05, 3.63) is 52.5 Å². The van der Waals surface area contributed by atoms with Crippen LogP contribution in [-0.4, -0.2) is 36.0 Å². The van der Waals surface area contributed by atoms with Gasteiger partial charge in [-0.1, -0.05) is 32.9 Å². The van der Waals surface area contributed by atoms with Crippen LogP contribution in [0.5, 0.6) is 0 Å². The van der Waals surface area contributed by atoms with E-state index >= 15 is 0 Å². The number of aromatic nitrogens is 2. The summed E-state index contributed by atoms with van der Waals surface area (Å²) in [7, 11) is -3.56. The molecule has 0 bridgehead atoms. The van der Waals surface area contributed by atoms with E-state index < -0.39 is 10.0 Å². The summed E-state index contributed by atoms with van der Waals surface area (Å²) in [4.78, 5) is 0.329. The average Bonchev–Trinajstić information content (AvgIpc) is 3.39. The second-order valence-electron chi connectivity index (χ2n) is 8.43. The van der Waals surface area contributed by atoms with Crippen molar-refractivity contribution in [2.75, 3.05) is 13.1 Å². The first-order valence-corrected chi connectivity index (χ1v) is 12.1. The Kier molecular flexibility index (Phi) is 5.35. The highest BCUT2D eigenvalue weighted by molar-refractivity contribution is 7.89. The van der Waals surface area contributed by atoms with E-state index in [-0.39, 0.29) is 11.3 Å². The molecule has 1 atom stereocenters. The molecule has 4 rings (SSSR count). The predicted molar refractivity (Wildman–Crippen MR) is 113 cm³/mol. The molecule has 0 radical (unpaired) electrons. The summed E-state index contributed by atoms with van der Waals surface area (Å²) in [6.07, 6.45) is 1.60. The summed E-state index contributed by atoms with van der Waals surface area (Å²) >= 11 is 1.57. The summed E-state index contributed by atoms with van der Waals surface area (Å²) in [5.74, 6) is 0.903. The Morgan fingerprint density at radius 1 is 1.14 bits per heavy atom. The molecule has 2 aromatic heterocycles. The van der Waals surface area contributed by atoms with Gasteiger partial charge >= 0.3 is 0 Å². The smallest absolute Gasteiger partial charge is 0.248 e. The van der Waals surface area contributed by atoms with Gasteiger partial charge in [0, 0.05) is 24.0 Å². The van der Waals surface area contributed by atoms with Crippen molar-refractivity contribution in [2.24, 2.45) is 0 Å². The third kappa shape index (κ3) is 4.15. The maximum absolute atomic E-state index is 13.2. The second kappa shape index (κ2) is 7.66. The summed E-state index contributed by atoms with van der Waals surface area (Å²) in [5, 5.41) is 12.2. The van der Waals surface area contributed by atoms with Crippen LogP contribution in [0, 0.1) is 0 Å². The van der Waals surface area contributed by atoms with Gasteiger partial charge in [-0.2, -0.15) is 15.6 Å². The van der Waals surface area contributed by atoms with Crippen molar-refractivity contribution in [1.82, 2.24) is 14.5 Å². The molecule has 154 valence electrons. The highest BCUT2D eigenvalue weighted by Crippen LogP contribution is 2.32. The van der Waals surface area contributed by atoms with Gasteiger partial charge in [-0.25, -0.2) is 8.42 Å². The number of sulfonamides is 1. The van der Waals surface area contributed by atoms with E-state index in [0.29, 0.717) is 29.8 Å². The highest BCUT2D eigenvalue weighted by Gasteiger charge is 2.33. The maximum atomic E-state index is 13.2. The Balaban J connectivity index is 1.53. The van der Waals surface area contributed by atoms with Gasteiger partial charge in [0.05, 0.1) is 10.8 Å². The summed E-state index contributed by atoms with van der Waals surface area (Å²) < 4.78 is 33.7. The number of piperidine rings is 1. The molecule has 1 fully saturated rings. The van der Waals surface area contributed by atoms with Crippen molar-refractivity contribution in [1.29, 1.82) is 0 Å². The maximum Gasteiger partial charge on any atom is 0.248 e. The fourth-order valence-electron chi connectivity index (χ4n) is 3.54. The average molecular weight is 432 g/mol. The molecule has 0 aliphatic carbocycles. The highest BCUT2D eigenvalue weighted by atomic mass is 32.2. The molecule has 0 amide bonds. The minimum atomic E-state index is -3.56. The molecular formula is C21H25N3O3S2. The molecule has 29 heavy (non-hydrogen) atoms. The lowest BCUT2D eigenvalue weighted by Gasteiger charge is -2.30. The lowest BCUT2D eigenvalue weighted by molar-refractivity contribution is 0.286. The zero-order valence-corrected chi connectivity index (χ0v) is 18.5. The molecular weight excluding hydrogens is 406 g/mol. The predicted octanol–water partition coefficient (Wildman–Crippen LogP) is 4.66. The number of hydrogen-bond donors (Lipinski definition) is 0. The normalized spacial score (nSPS) is 18.8. The number of thiophene rings is 1. The molecule has 1 aliphatic heterocycles. The van der Waals surface area contributed by atoms with E-state index in [0.717, 1.165) is 24.0 Å². The second-order valence-corrected chi connectivity index (χ2v) is 11.2. The molecule has 1 unspecified atom stereocenters. The Labute approximate surface area is 175 Å². The van der Waals surface area contributed by atoms with Gasteiger partial charge in [-0.15, -0.1) is 10.2 Å². The Bertz CT molecular complexity index is 1070. The molecule has 0 spiro atoms. The quantitative estimate of drug-likeness (QED) is 0.600. The Morgan fingerprint density at radius 2 is 1.90 bits per heavy atom. The lowest BCUT2D eigenvalue weighted by Crippen LogP contribution is -2.39. The number of nitrogens with zero attached hydrogens (tertiary/aromatic N) is 3. The topological polar surface area (TPSA) is 76.3 Å². The minimum absolute atomic E-state index is 0.0172. The minimum Gasteiger partial charge on any atom is -0.420 e. The van der Waals surface area contributed by atoms with Crippen LogP contribution in [0.2, 0.25) is 0 Å². The zero-order chi connectivity index (χ0) is 20.6. The van der Waals surface area contributed by atoms with E-state index in [1.54, 1.807) is 27.8 Å². The number of rotatable bonds is 4. The van der Waals surface area contributed by atoms with Crippen LogP contribution in [0.4, 0.5) is 0 Å². The van der Waals surface area contributed by atoms with Gasteiger partial charge in [0.1, 0.15) is 0 Å². The van der Waals surface area contributed by atoms with E-state index in [1.165, 1.54) is 0 Å². The van der Waals surface area contributed by atoms with E-state index in [2.05, 4.69) is 31.0 Å². The molecule has 0 N–H and O–H groups in total. The van der Waals surface area contributed by atoms with Crippen LogP contribution in [0.3, 0.4) is 0 Å². The van der Waals surface area contributed by atoms with Crippen LogP contribution < -0.4 is 0 Å². The van der Waals surface area contributed by atoms with Crippen molar-refractivity contribution in [3.8, 4) is 11.5 Å². The first-order chi connectivity index (χ1) is 13.7. The first kappa shape index (κ1) is 20.3. The number of benzene rings is 1. The van der Waals surface area contributed by atoms with Crippen molar-refractivity contribution < 1.29 is 12.8 Å². The monoisotopic (exact) mass is 431 g/mol. The fourth-order valence-corrected chi connectivity index (χ4v) is 5.69. The molecule has 1 aliphatic rings. The molecule has 3 heterocycles. The van der Waals surface area contributed by atoms with Gasteiger partial charge < -0.3 is 4.42 Å². The summed E-state index contributed by atoms with van der Waals surface area (Å²) in [5.41, 5.74) is 1.99. The van der Waals surface area contributed by atoms with Crippen LogP contribution in [-0.2, 0) is 15.4 Å². The Morgan fingerprint density at radius 3 is 2.55 bits per heavy atom. The van der Waals surface area contributed by atoms with Gasteiger partial charge in [-0.05, 0) is 47.4 Å².